The number of phosphoric acid groups is 6. The van der Waals surface area contributed by atoms with Crippen molar-refractivity contribution in [3.05, 3.63) is 113 Å². The average molecular weight is 1610 g/mol. The molecule has 0 aromatic carbocycles. The van der Waals surface area contributed by atoms with E-state index in [1.165, 1.54) is 64.8 Å². The smallest absolute Gasteiger partial charge is 0.394 e. The van der Waals surface area contributed by atoms with E-state index < -0.39 is 200 Å². The summed E-state index contributed by atoms with van der Waals surface area (Å²) in [5.74, 6) is 0. The van der Waals surface area contributed by atoms with Crippen molar-refractivity contribution in [3.63, 3.8) is 0 Å². The lowest BCUT2D eigenvalue weighted by molar-refractivity contribution is -0.0555. The van der Waals surface area contributed by atoms with Crippen molar-refractivity contribution in [2.45, 2.75) is 98.2 Å². The zero-order valence-electron chi connectivity index (χ0n) is 50.2. The largest absolute Gasteiger partial charge is 0.492 e. The topological polar surface area (TPSA) is 737 Å². The quantitative estimate of drug-likeness (QED) is 0.0412. The number of aliphatic hydroxyl groups is 9. The molecule has 5 aliphatic heterocycles. The van der Waals surface area contributed by atoms with Gasteiger partial charge in [0.05, 0.1) is 26.4 Å². The molecule has 50 nitrogen and oxygen atoms in total. The lowest BCUT2D eigenvalue weighted by Crippen LogP contribution is -2.41. The van der Waals surface area contributed by atoms with Crippen LogP contribution in [0.15, 0.2) is 68.2 Å². The first-order chi connectivity index (χ1) is 45.3. The van der Waals surface area contributed by atoms with Crippen LogP contribution in [-0.4, -0.2) is 212 Å². The van der Waals surface area contributed by atoms with Gasteiger partial charge in [0.25, 0.3) is 0 Å². The maximum absolute atomic E-state index is 12.2. The second-order valence-corrected chi connectivity index (χ2v) is 34.4. The molecular weight excluding hydrogens is 1540 g/mol. The predicted octanol–water partition coefficient (Wildman–Crippen LogP) is -6.53. The first kappa shape index (κ1) is 83.8. The van der Waals surface area contributed by atoms with Crippen LogP contribution in [0.5, 0.6) is 0 Å². The van der Waals surface area contributed by atoms with Gasteiger partial charge >= 0.3 is 75.8 Å². The highest BCUT2D eigenvalue weighted by atomic mass is 35.9. The monoisotopic (exact) mass is 1610 g/mol. The SMILES string of the molecule is Cn1c(=N)ccn([C@@H]2O[C@H](CO)[C@H](O)C2O)c1=O.Cn1c(=N)ccn([C@@H]2O[C@H](COP(=O)(Cl)Cl)[C@H](O)C2O)c1=O.Cn1c(=N)ccn([C@@H]2O[C@H](COP(=O)(O)OP(=O)(O)OP(=O)(O)O)[C@H](O)C2O)c1=O.Cn1c(=N)ccn([C@@H]2O[C@H](COP3(=O)OP(=O)(O)OP(=O)(O)O3)[C@H](O)C2O)c1=O. The Hall–Kier alpha value is -4.17. The second-order valence-electron chi connectivity index (χ2n) is 20.7. The van der Waals surface area contributed by atoms with E-state index in [-0.39, 0.29) is 22.0 Å². The molecule has 4 aromatic rings. The van der Waals surface area contributed by atoms with Gasteiger partial charge in [0, 0.05) is 53.0 Å². The summed E-state index contributed by atoms with van der Waals surface area (Å²) in [7, 11) is -26.9. The Labute approximate surface area is 558 Å². The van der Waals surface area contributed by atoms with Gasteiger partial charge in [-0.1, -0.05) is 0 Å². The number of ether oxygens (including phenoxy) is 4. The van der Waals surface area contributed by atoms with Crippen molar-refractivity contribution in [2.24, 2.45) is 28.2 Å². The number of nitrogens with one attached hydrogen (secondary N) is 4. The molecule has 8 unspecified atom stereocenters. The summed E-state index contributed by atoms with van der Waals surface area (Å²) in [5.41, 5.74) is -2.99. The van der Waals surface area contributed by atoms with Crippen molar-refractivity contribution < 1.29 is 161 Å². The summed E-state index contributed by atoms with van der Waals surface area (Å²) in [6.45, 7) is -2.79. The summed E-state index contributed by atoms with van der Waals surface area (Å²) < 4.78 is 141. The van der Waals surface area contributed by atoms with Crippen LogP contribution in [0.25, 0.3) is 0 Å². The van der Waals surface area contributed by atoms with Crippen molar-refractivity contribution in [1.29, 1.82) is 21.6 Å². The third-order valence-electron chi connectivity index (χ3n) is 13.9. The molecule has 560 valence electrons. The van der Waals surface area contributed by atoms with E-state index >= 15 is 0 Å². The highest BCUT2D eigenvalue weighted by molar-refractivity contribution is 8.05. The van der Waals surface area contributed by atoms with Gasteiger partial charge in [0.15, 0.2) is 24.9 Å². The minimum Gasteiger partial charge on any atom is -0.394 e. The first-order valence-corrected chi connectivity index (χ1v) is 39.2. The lowest BCUT2D eigenvalue weighted by atomic mass is 10.1. The first-order valence-electron chi connectivity index (χ1n) is 26.8. The summed E-state index contributed by atoms with van der Waals surface area (Å²) in [4.78, 5) is 102. The van der Waals surface area contributed by atoms with Gasteiger partial charge in [-0.2, -0.15) is 21.6 Å². The van der Waals surface area contributed by atoms with Crippen molar-refractivity contribution in [3.8, 4) is 0 Å². The van der Waals surface area contributed by atoms with Crippen molar-refractivity contribution in [1.82, 2.24) is 36.5 Å². The molecule has 0 aliphatic carbocycles. The Kier molecular flexibility index (Phi) is 27.5. The van der Waals surface area contributed by atoms with E-state index in [1.807, 2.05) is 0 Å². The Bertz CT molecular complexity index is 4450. The zero-order chi connectivity index (χ0) is 74.9. The molecule has 5 saturated heterocycles. The van der Waals surface area contributed by atoms with Crippen LogP contribution in [0.3, 0.4) is 0 Å². The van der Waals surface area contributed by atoms with Crippen molar-refractivity contribution >= 4 is 75.5 Å². The van der Waals surface area contributed by atoms with Gasteiger partial charge < -0.3 is 98.8 Å². The minimum absolute atomic E-state index is 0.0167. The van der Waals surface area contributed by atoms with Crippen LogP contribution >= 0.6 is 75.5 Å². The van der Waals surface area contributed by atoms with E-state index in [2.05, 4.69) is 35.1 Å². The summed E-state index contributed by atoms with van der Waals surface area (Å²) >= 11 is 10.5. The molecule has 5 aliphatic rings. The van der Waals surface area contributed by atoms with Crippen LogP contribution in [0.1, 0.15) is 24.9 Å². The minimum atomic E-state index is -5.72. The molecule has 4 aromatic heterocycles. The molecule has 19 N–H and O–H groups in total. The Morgan fingerprint density at radius 3 is 1.02 bits per heavy atom. The molecule has 0 bridgehead atoms. The van der Waals surface area contributed by atoms with Gasteiger partial charge in [0.2, 0.25) is 0 Å². The summed E-state index contributed by atoms with van der Waals surface area (Å²) in [5, 5.41) is 119. The molecule has 99 heavy (non-hydrogen) atoms. The van der Waals surface area contributed by atoms with E-state index in [0.29, 0.717) is 0 Å². The Balaban J connectivity index is 0.000000212. The van der Waals surface area contributed by atoms with Crippen LogP contribution in [0, 0.1) is 21.6 Å². The van der Waals surface area contributed by atoms with Gasteiger partial charge in [-0.3, -0.25) is 71.8 Å². The molecule has 0 saturated carbocycles. The van der Waals surface area contributed by atoms with E-state index in [4.69, 9.17) is 82.9 Å². The molecule has 9 rings (SSSR count). The third kappa shape index (κ3) is 21.1. The van der Waals surface area contributed by atoms with Crippen LogP contribution in [0.4, 0.5) is 0 Å². The zero-order valence-corrected chi connectivity index (χ0v) is 58.0. The van der Waals surface area contributed by atoms with E-state index in [0.717, 1.165) is 48.9 Å². The predicted molar refractivity (Wildman–Crippen MR) is 314 cm³/mol. The lowest BCUT2D eigenvalue weighted by Gasteiger charge is -2.27. The molecule has 59 heteroatoms. The average Bonchev–Trinajstić information content (AvgIpc) is 1.79. The van der Waals surface area contributed by atoms with Crippen LogP contribution in [-0.2, 0) is 114 Å². The fraction of sp³-hybridized carbons (Fsp3) is 0.600. The van der Waals surface area contributed by atoms with Gasteiger partial charge in [-0.25, -0.2) is 46.6 Å². The molecule has 0 spiro atoms. The number of rotatable bonds is 18. The molecular formula is C40H63Cl2N12O38P7. The fourth-order valence-electron chi connectivity index (χ4n) is 8.86. The maximum Gasteiger partial charge on any atom is 0.492 e. The number of hydrogen-bond donors (Lipinski definition) is 19. The van der Waals surface area contributed by atoms with Crippen LogP contribution in [0.2, 0.25) is 0 Å². The number of hydrogen-bond acceptors (Lipinski definition) is 36. The summed E-state index contributed by atoms with van der Waals surface area (Å²) in [6, 6.07) is 5.13. The second kappa shape index (κ2) is 32.5. The third-order valence-corrected chi connectivity index (χ3v) is 24.1. The van der Waals surface area contributed by atoms with Crippen molar-refractivity contribution in [2.75, 3.05) is 26.4 Å². The van der Waals surface area contributed by atoms with E-state index in [9.17, 15) is 107 Å². The Morgan fingerprint density at radius 2 is 0.737 bits per heavy atom. The van der Waals surface area contributed by atoms with Gasteiger partial charge in [-0.15, -0.1) is 0 Å². The molecule has 0 amide bonds. The number of aliphatic hydroxyl groups excluding tert-OH is 9. The fourth-order valence-corrected chi connectivity index (χ4v) is 17.5. The summed E-state index contributed by atoms with van der Waals surface area (Å²) in [6.07, 6.45) is -21.3. The number of halogens is 2. The maximum atomic E-state index is 12.2. The highest BCUT2D eigenvalue weighted by Crippen LogP contribution is 2.80. The highest BCUT2D eigenvalue weighted by Gasteiger charge is 2.56. The number of nitrogens with zero attached hydrogens (tertiary/aromatic N) is 8. The molecule has 0 radical (unpaired) electrons. The Morgan fingerprint density at radius 1 is 0.455 bits per heavy atom. The van der Waals surface area contributed by atoms with Gasteiger partial charge in [0.1, 0.15) is 95.2 Å². The number of aromatic nitrogens is 8. The van der Waals surface area contributed by atoms with Crippen LogP contribution < -0.4 is 44.7 Å². The van der Waals surface area contributed by atoms with E-state index in [1.54, 1.807) is 0 Å². The molecule has 20 atom stereocenters. The molecule has 9 heterocycles. The van der Waals surface area contributed by atoms with Gasteiger partial charge in [-0.05, 0) is 46.7 Å². The standard InChI is InChI=1S/C10H14Cl2N3O6P.C10H18N3O14P3.C10H16N3O13P3.C10H15N3O5/c1-14-6(13)2-3-15(10(14)18)9-8(17)7(16)5(21-9)4-20-22(11,12)19;1-12-6(11)2-3-13(10(12)16)9-8(15)7(14)5(25-9)4-24-29(20,21)27-30(22,23)26-28(17,18)19;1-12-6(11)2-3-13(10(12)16)9-8(15)7(14)5(23-9)4-22-29(21)25-27(17,18)24-28(19,20)26-29;1-12-6(11)2-3-13(10(12)17)9-8(16)7(15)5(4-14)18-9/h2-3,5,7-9,13,16-17H,4H2,1H3;2-3,5,7-9,11,14-15H,4H2,1H3,(H,20,21)(H,22,23)(H2,17,18,19);2-3,5,7-9,11,14-15H,4H2,1H3,(H,17,18)(H,19,20);2-3,5,7-9,11,14-16H,4H2,1H3/t4*5-,7+,8?,9-/m1111/s1. The number of phosphoric ester groups is 1. The molecule has 5 fully saturated rings. The normalized spacial score (nSPS) is 33.5.